The first kappa shape index (κ1) is 28.5. The zero-order valence-corrected chi connectivity index (χ0v) is 27.3. The molecule has 0 aliphatic carbocycles. The Morgan fingerprint density at radius 1 is 0.400 bits per heavy atom. The predicted octanol–water partition coefficient (Wildman–Crippen LogP) is 13.0. The van der Waals surface area contributed by atoms with E-state index in [9.17, 15) is 0 Å². The normalized spacial score (nSPS) is 12.3. The molecule has 0 bridgehead atoms. The summed E-state index contributed by atoms with van der Waals surface area (Å²) in [6.45, 7) is 0. The van der Waals surface area contributed by atoms with Gasteiger partial charge >= 0.3 is 0 Å². The summed E-state index contributed by atoms with van der Waals surface area (Å²) in [6, 6.07) is 65.5. The maximum absolute atomic E-state index is 6.40. The summed E-state index contributed by atoms with van der Waals surface area (Å²) in [5.74, 6) is 0.606. The van der Waals surface area contributed by atoms with E-state index < -0.39 is 0 Å². The molecule has 0 aliphatic heterocycles. The smallest absolute Gasteiger partial charge is 0.227 e. The molecule has 234 valence electrons. The van der Waals surface area contributed by atoms with E-state index in [2.05, 4.69) is 152 Å². The lowest BCUT2D eigenvalue weighted by molar-refractivity contribution is 0.619. The summed E-state index contributed by atoms with van der Waals surface area (Å²) in [6.07, 6.45) is 0. The van der Waals surface area contributed by atoms with Gasteiger partial charge in [-0.25, -0.2) is 4.98 Å². The van der Waals surface area contributed by atoms with Gasteiger partial charge in [0.1, 0.15) is 5.52 Å². The van der Waals surface area contributed by atoms with Gasteiger partial charge in [-0.05, 0) is 113 Å². The molecule has 10 rings (SSSR count). The summed E-state index contributed by atoms with van der Waals surface area (Å²) < 4.78 is 6.40. The van der Waals surface area contributed by atoms with Crippen LogP contribution >= 0.6 is 0 Å². The van der Waals surface area contributed by atoms with Crippen molar-refractivity contribution >= 4 is 54.2 Å². The Morgan fingerprint density at radius 3 is 1.86 bits per heavy atom. The van der Waals surface area contributed by atoms with E-state index >= 15 is 0 Å². The third-order valence-electron chi connectivity index (χ3n) is 10.2. The monoisotopic (exact) mass is 637 g/mol. The molecule has 1 unspecified atom stereocenters. The lowest BCUT2D eigenvalue weighted by atomic mass is 9.81. The second-order valence-electron chi connectivity index (χ2n) is 13.1. The second-order valence-corrected chi connectivity index (χ2v) is 13.1. The molecule has 1 heterocycles. The summed E-state index contributed by atoms with van der Waals surface area (Å²) in [4.78, 5) is 4.84. The first-order valence-corrected chi connectivity index (χ1v) is 17.1. The highest BCUT2D eigenvalue weighted by atomic mass is 16.3. The van der Waals surface area contributed by atoms with E-state index in [1.165, 1.54) is 65.3 Å². The van der Waals surface area contributed by atoms with Gasteiger partial charge in [0.05, 0.1) is 0 Å². The van der Waals surface area contributed by atoms with E-state index in [0.717, 1.165) is 22.2 Å². The second kappa shape index (κ2) is 11.6. The van der Waals surface area contributed by atoms with Crippen LogP contribution in [0.5, 0.6) is 0 Å². The van der Waals surface area contributed by atoms with Gasteiger partial charge in [0, 0.05) is 11.5 Å². The van der Waals surface area contributed by atoms with Crippen LogP contribution in [0, 0.1) is 0 Å². The van der Waals surface area contributed by atoms with Crippen molar-refractivity contribution < 1.29 is 4.42 Å². The van der Waals surface area contributed by atoms with Crippen molar-refractivity contribution in [2.45, 2.75) is 5.92 Å². The van der Waals surface area contributed by atoms with Gasteiger partial charge in [0.25, 0.3) is 0 Å². The van der Waals surface area contributed by atoms with Crippen LogP contribution in [0.3, 0.4) is 0 Å². The van der Waals surface area contributed by atoms with Crippen molar-refractivity contribution in [2.75, 3.05) is 0 Å². The third kappa shape index (κ3) is 4.76. The molecule has 0 fully saturated rings. The van der Waals surface area contributed by atoms with Crippen LogP contribution in [0.25, 0.3) is 76.8 Å². The average molecular weight is 638 g/mol. The molecule has 0 saturated heterocycles. The van der Waals surface area contributed by atoms with Crippen LogP contribution < -0.4 is 0 Å². The van der Waals surface area contributed by atoms with Crippen LogP contribution in [-0.4, -0.2) is 4.98 Å². The van der Waals surface area contributed by atoms with Gasteiger partial charge in [-0.2, -0.15) is 0 Å². The van der Waals surface area contributed by atoms with Crippen LogP contribution in [0.2, 0.25) is 0 Å². The van der Waals surface area contributed by atoms with Gasteiger partial charge < -0.3 is 4.42 Å². The number of oxazole rings is 1. The van der Waals surface area contributed by atoms with Gasteiger partial charge in [-0.3, -0.25) is 0 Å². The standard InChI is InChI=1S/C48H31NO/c1-2-11-33(12-3-1)48-49-45-26-25-38(30-46(45)50-48)47(42-20-10-16-36-27-34-13-4-5-14-35(34)28-44(36)42)32-23-21-31(22-24-32)43-29-37-15-6-7-17-39(37)40-18-8-9-19-41(40)43/h1-30,47H. The Kier molecular flexibility index (Phi) is 6.60. The molecule has 1 atom stereocenters. The van der Waals surface area contributed by atoms with Crippen LogP contribution in [0.15, 0.2) is 186 Å². The minimum Gasteiger partial charge on any atom is -0.436 e. The molecule has 2 heteroatoms. The van der Waals surface area contributed by atoms with Crippen molar-refractivity contribution in [3.05, 3.63) is 199 Å². The number of hydrogen-bond acceptors (Lipinski definition) is 2. The molecule has 0 saturated carbocycles. The minimum atomic E-state index is -0.0306. The predicted molar refractivity (Wildman–Crippen MR) is 209 cm³/mol. The third-order valence-corrected chi connectivity index (χ3v) is 10.2. The number of benzene rings is 9. The molecule has 50 heavy (non-hydrogen) atoms. The Labute approximate surface area is 289 Å². The van der Waals surface area contributed by atoms with Crippen molar-refractivity contribution in [2.24, 2.45) is 0 Å². The fourth-order valence-electron chi connectivity index (χ4n) is 7.77. The molecule has 0 spiro atoms. The highest BCUT2D eigenvalue weighted by Crippen LogP contribution is 2.41. The molecule has 0 N–H and O–H groups in total. The minimum absolute atomic E-state index is 0.0306. The number of rotatable bonds is 5. The van der Waals surface area contributed by atoms with Gasteiger partial charge in [-0.15, -0.1) is 0 Å². The summed E-state index contributed by atoms with van der Waals surface area (Å²) in [7, 11) is 0. The average Bonchev–Trinajstić information content (AvgIpc) is 3.62. The molecule has 10 aromatic rings. The molecule has 0 amide bonds. The van der Waals surface area contributed by atoms with Crippen LogP contribution in [-0.2, 0) is 0 Å². The maximum Gasteiger partial charge on any atom is 0.227 e. The Morgan fingerprint density at radius 2 is 1.04 bits per heavy atom. The number of nitrogens with zero attached hydrogens (tertiary/aromatic N) is 1. The van der Waals surface area contributed by atoms with E-state index in [-0.39, 0.29) is 5.92 Å². The van der Waals surface area contributed by atoms with E-state index in [0.29, 0.717) is 5.89 Å². The van der Waals surface area contributed by atoms with Crippen LogP contribution in [0.1, 0.15) is 22.6 Å². The molecule has 1 aromatic heterocycles. The highest BCUT2D eigenvalue weighted by Gasteiger charge is 2.22. The van der Waals surface area contributed by atoms with Crippen molar-refractivity contribution in [3.63, 3.8) is 0 Å². The molecule has 0 radical (unpaired) electrons. The van der Waals surface area contributed by atoms with Gasteiger partial charge in [-0.1, -0.05) is 140 Å². The van der Waals surface area contributed by atoms with Crippen molar-refractivity contribution in [1.29, 1.82) is 0 Å². The topological polar surface area (TPSA) is 26.0 Å². The van der Waals surface area contributed by atoms with Crippen LogP contribution in [0.4, 0.5) is 0 Å². The Hall–Kier alpha value is -6.51. The van der Waals surface area contributed by atoms with E-state index in [4.69, 9.17) is 9.40 Å². The maximum atomic E-state index is 6.40. The zero-order chi connectivity index (χ0) is 33.0. The van der Waals surface area contributed by atoms with Crippen molar-refractivity contribution in [1.82, 2.24) is 4.98 Å². The lowest BCUT2D eigenvalue weighted by Crippen LogP contribution is -2.04. The highest BCUT2D eigenvalue weighted by molar-refractivity contribution is 6.13. The fraction of sp³-hybridized carbons (Fsp3) is 0.0208. The Balaban J connectivity index is 1.16. The molecular weight excluding hydrogens is 607 g/mol. The first-order valence-electron chi connectivity index (χ1n) is 17.1. The summed E-state index contributed by atoms with van der Waals surface area (Å²) >= 11 is 0. The Bertz CT molecular complexity index is 2870. The number of aromatic nitrogens is 1. The summed E-state index contributed by atoms with van der Waals surface area (Å²) in [5.41, 5.74) is 8.72. The first-order chi connectivity index (χ1) is 24.8. The van der Waals surface area contributed by atoms with Crippen molar-refractivity contribution in [3.8, 4) is 22.6 Å². The van der Waals surface area contributed by atoms with E-state index in [1.54, 1.807) is 0 Å². The number of hydrogen-bond donors (Lipinski definition) is 0. The lowest BCUT2D eigenvalue weighted by Gasteiger charge is -2.22. The fourth-order valence-corrected chi connectivity index (χ4v) is 7.77. The zero-order valence-electron chi connectivity index (χ0n) is 27.3. The quantitative estimate of drug-likeness (QED) is 0.107. The molecule has 0 aliphatic rings. The SMILES string of the molecule is c1ccc(-c2nc3ccc(C(c4ccc(-c5cc6ccccc6c6ccccc56)cc4)c4cccc5cc6ccccc6cc45)cc3o2)cc1. The van der Waals surface area contributed by atoms with Gasteiger partial charge in [0.2, 0.25) is 5.89 Å². The largest absolute Gasteiger partial charge is 0.436 e. The molecular formula is C48H31NO. The molecule has 2 nitrogen and oxygen atoms in total. The van der Waals surface area contributed by atoms with E-state index in [1.807, 2.05) is 30.3 Å². The summed E-state index contributed by atoms with van der Waals surface area (Å²) in [5, 5.41) is 10.1. The number of fused-ring (bicyclic) bond motifs is 6. The van der Waals surface area contributed by atoms with Gasteiger partial charge in [0.15, 0.2) is 5.58 Å². The molecule has 9 aromatic carbocycles.